The van der Waals surface area contributed by atoms with Gasteiger partial charge in [-0.1, -0.05) is 4.84 Å². The molecule has 0 radical (unpaired) electrons. The van der Waals surface area contributed by atoms with Gasteiger partial charge in [0, 0.05) is 6.92 Å². The highest BCUT2D eigenvalue weighted by atomic mass is 16.7. The average Bonchev–Trinajstić information content (AvgIpc) is 1.35. The van der Waals surface area contributed by atoms with Crippen LogP contribution in [0.15, 0.2) is 0 Å². The molecule has 0 aromatic heterocycles. The van der Waals surface area contributed by atoms with E-state index in [4.69, 9.17) is 0 Å². The Kier molecular flexibility index (Phi) is 1.83. The molecule has 3 heteroatoms. The predicted molar refractivity (Wildman–Crippen MR) is 20.1 cm³/mol. The number of hydrogen-bond acceptors (Lipinski definition) is 2. The molecule has 0 bridgehead atoms. The van der Waals surface area contributed by atoms with Gasteiger partial charge in [0.15, 0.2) is 0 Å². The van der Waals surface area contributed by atoms with Gasteiger partial charge in [0.1, 0.15) is 0 Å². The highest BCUT2D eigenvalue weighted by molar-refractivity contribution is 5.66. The van der Waals surface area contributed by atoms with Gasteiger partial charge in [-0.3, -0.25) is 0 Å². The Morgan fingerprint density at radius 1 is 2.00 bits per heavy atom. The molecule has 0 aliphatic heterocycles. The van der Waals surface area contributed by atoms with Crippen LogP contribution in [0.1, 0.15) is 6.92 Å². The molecular formula is C3H4NO2+. The fourth-order valence-electron chi connectivity index (χ4n) is 0.0742. The second-order valence-corrected chi connectivity index (χ2v) is 0.688. The average molecular weight is 86.1 g/mol. The van der Waals surface area contributed by atoms with Gasteiger partial charge in [-0.15, -0.1) is 0 Å². The first-order valence-electron chi connectivity index (χ1n) is 1.35. The van der Waals surface area contributed by atoms with Crippen LogP contribution in [-0.2, 0) is 9.63 Å². The summed E-state index contributed by atoms with van der Waals surface area (Å²) < 4.78 is 0. The molecule has 0 spiro atoms. The summed E-state index contributed by atoms with van der Waals surface area (Å²) in [5.74, 6) is -0.502. The zero-order chi connectivity index (χ0) is 4.99. The summed E-state index contributed by atoms with van der Waals surface area (Å²) in [7, 11) is 0. The first-order chi connectivity index (χ1) is 2.77. The molecule has 0 amide bonds. The topological polar surface area (TPSA) is 30.7 Å². The van der Waals surface area contributed by atoms with E-state index < -0.39 is 5.97 Å². The van der Waals surface area contributed by atoms with Gasteiger partial charge < -0.3 is 0 Å². The standard InChI is InChI=1S/C3H4NO2/c1-3(5)6-4-2/h2H,1H3/q+1. The van der Waals surface area contributed by atoms with Crippen molar-refractivity contribution in [2.24, 2.45) is 0 Å². The van der Waals surface area contributed by atoms with Crippen LogP contribution in [0.5, 0.6) is 0 Å². The second kappa shape index (κ2) is 2.21. The van der Waals surface area contributed by atoms with Gasteiger partial charge in [0.25, 0.3) is 0 Å². The number of rotatable bonds is 0. The van der Waals surface area contributed by atoms with Crippen molar-refractivity contribution in [3.63, 3.8) is 0 Å². The van der Waals surface area contributed by atoms with E-state index in [0.29, 0.717) is 0 Å². The maximum Gasteiger partial charge on any atom is 0.396 e. The van der Waals surface area contributed by atoms with E-state index >= 15 is 0 Å². The molecule has 0 heterocycles. The molecule has 0 fully saturated rings. The van der Waals surface area contributed by atoms with Crippen molar-refractivity contribution in [2.45, 2.75) is 6.92 Å². The van der Waals surface area contributed by atoms with Crippen LogP contribution in [0.4, 0.5) is 0 Å². The van der Waals surface area contributed by atoms with Crippen LogP contribution in [0.2, 0.25) is 0 Å². The minimum Gasteiger partial charge on any atom is -0.244 e. The Hall–Kier alpha value is -1.04. The molecule has 0 N–H and O–H groups in total. The summed E-state index contributed by atoms with van der Waals surface area (Å²) in [5.41, 5.74) is 0. The Morgan fingerprint density at radius 3 is 2.50 bits per heavy atom. The number of carbonyl (C=O) groups excluding carboxylic acids is 1. The summed E-state index contributed by atoms with van der Waals surface area (Å²) in [4.78, 5) is 13.5. The summed E-state index contributed by atoms with van der Waals surface area (Å²) >= 11 is 0. The highest BCUT2D eigenvalue weighted by Gasteiger charge is 1.92. The second-order valence-electron chi connectivity index (χ2n) is 0.688. The maximum atomic E-state index is 9.65. The SMILES string of the molecule is C#[N+]OC(C)=O. The summed E-state index contributed by atoms with van der Waals surface area (Å²) in [5, 5.41) is 2.59. The van der Waals surface area contributed by atoms with Gasteiger partial charge in [0.05, 0.1) is 0 Å². The smallest absolute Gasteiger partial charge is 0.244 e. The van der Waals surface area contributed by atoms with Crippen LogP contribution in [-0.4, -0.2) is 5.97 Å². The molecule has 0 unspecified atom stereocenters. The van der Waals surface area contributed by atoms with Crippen molar-refractivity contribution in [3.05, 3.63) is 5.01 Å². The molecule has 0 atom stereocenters. The zero-order valence-electron chi connectivity index (χ0n) is 3.34. The van der Waals surface area contributed by atoms with E-state index in [2.05, 4.69) is 16.4 Å². The third-order valence-corrected chi connectivity index (χ3v) is 0.181. The van der Waals surface area contributed by atoms with Crippen molar-refractivity contribution >= 4 is 5.97 Å². The lowest BCUT2D eigenvalue weighted by Gasteiger charge is -1.62. The Morgan fingerprint density at radius 2 is 2.50 bits per heavy atom. The third-order valence-electron chi connectivity index (χ3n) is 0.181. The van der Waals surface area contributed by atoms with Crippen LogP contribution >= 0.6 is 0 Å². The fourth-order valence-corrected chi connectivity index (χ4v) is 0.0742. The third kappa shape index (κ3) is 2.96. The number of carbonyl (C=O) groups is 1. The summed E-state index contributed by atoms with van der Waals surface area (Å²) in [6.07, 6.45) is 0. The number of nitrogens with zero attached hydrogens (tertiary/aromatic N) is 1. The largest absolute Gasteiger partial charge is 0.396 e. The molecule has 0 rings (SSSR count). The number of hydrogen-bond donors (Lipinski definition) is 0. The van der Waals surface area contributed by atoms with Crippen molar-refractivity contribution < 1.29 is 9.63 Å². The quantitative estimate of drug-likeness (QED) is 0.400. The van der Waals surface area contributed by atoms with E-state index in [1.807, 2.05) is 0 Å². The lowest BCUT2D eigenvalue weighted by Crippen LogP contribution is -1.85. The van der Waals surface area contributed by atoms with Crippen molar-refractivity contribution in [2.75, 3.05) is 0 Å². The fraction of sp³-hybridized carbons (Fsp3) is 0.333. The van der Waals surface area contributed by atoms with Gasteiger partial charge >= 0.3 is 12.5 Å². The van der Waals surface area contributed by atoms with Crippen molar-refractivity contribution in [1.29, 1.82) is 0 Å². The van der Waals surface area contributed by atoms with E-state index in [-0.39, 0.29) is 0 Å². The van der Waals surface area contributed by atoms with Crippen molar-refractivity contribution in [1.82, 2.24) is 0 Å². The van der Waals surface area contributed by atoms with E-state index in [1.54, 1.807) is 0 Å². The van der Waals surface area contributed by atoms with E-state index in [1.165, 1.54) is 6.92 Å². The highest BCUT2D eigenvalue weighted by Crippen LogP contribution is 1.70. The minimum atomic E-state index is -0.502. The molecule has 0 aromatic rings. The Balaban J connectivity index is 3.13. The Labute approximate surface area is 35.3 Å². The van der Waals surface area contributed by atoms with Crippen LogP contribution in [0.25, 0.3) is 5.01 Å². The molecular weight excluding hydrogens is 82.0 g/mol. The van der Waals surface area contributed by atoms with Gasteiger partial charge in [0.2, 0.25) is 5.01 Å². The van der Waals surface area contributed by atoms with Crippen LogP contribution in [0, 0.1) is 6.57 Å². The first kappa shape index (κ1) is 4.96. The zero-order valence-corrected chi connectivity index (χ0v) is 3.34. The molecule has 0 saturated carbocycles. The lowest BCUT2D eigenvalue weighted by atomic mass is 10.8. The molecule has 0 aliphatic rings. The first-order valence-corrected chi connectivity index (χ1v) is 1.35. The van der Waals surface area contributed by atoms with Crippen LogP contribution in [0.3, 0.4) is 0 Å². The minimum absolute atomic E-state index is 0.502. The lowest BCUT2D eigenvalue weighted by molar-refractivity contribution is -0.135. The molecule has 0 saturated heterocycles. The molecule has 3 nitrogen and oxygen atoms in total. The van der Waals surface area contributed by atoms with Crippen LogP contribution < -0.4 is 0 Å². The van der Waals surface area contributed by atoms with Gasteiger partial charge in [-0.2, -0.15) is 0 Å². The van der Waals surface area contributed by atoms with Gasteiger partial charge in [-0.05, 0) is 0 Å². The summed E-state index contributed by atoms with van der Waals surface area (Å²) in [6.45, 7) is 5.63. The van der Waals surface area contributed by atoms with Gasteiger partial charge in [-0.25, -0.2) is 4.79 Å². The Bertz CT molecular complexity index is 91.5. The molecule has 6 heavy (non-hydrogen) atoms. The van der Waals surface area contributed by atoms with E-state index in [0.717, 1.165) is 0 Å². The predicted octanol–water partition coefficient (Wildman–Crippen LogP) is 0.427. The maximum absolute atomic E-state index is 9.65. The molecule has 0 aliphatic carbocycles. The van der Waals surface area contributed by atoms with E-state index in [9.17, 15) is 4.79 Å². The molecule has 32 valence electrons. The normalized spacial score (nSPS) is 6.00. The van der Waals surface area contributed by atoms with Crippen molar-refractivity contribution in [3.8, 4) is 6.57 Å². The monoisotopic (exact) mass is 86.0 g/mol. The molecule has 0 aromatic carbocycles. The summed E-state index contributed by atoms with van der Waals surface area (Å²) in [6, 6.07) is 0.